The molecule has 1 atom stereocenters. The lowest BCUT2D eigenvalue weighted by Gasteiger charge is -2.21. The second-order valence-electron chi connectivity index (χ2n) is 4.18. The van der Waals surface area contributed by atoms with Crippen molar-refractivity contribution in [3.05, 3.63) is 28.0 Å². The van der Waals surface area contributed by atoms with Gasteiger partial charge in [-0.15, -0.1) is 0 Å². The third-order valence-corrected chi connectivity index (χ3v) is 3.32. The second kappa shape index (κ2) is 6.80. The van der Waals surface area contributed by atoms with Crippen molar-refractivity contribution in [2.45, 2.75) is 32.3 Å². The van der Waals surface area contributed by atoms with Crippen molar-refractivity contribution in [1.29, 1.82) is 5.26 Å². The van der Waals surface area contributed by atoms with Gasteiger partial charge in [-0.3, -0.25) is 10.1 Å². The molecule has 1 aromatic rings. The first-order chi connectivity index (χ1) is 9.72. The van der Waals surface area contributed by atoms with E-state index in [4.69, 9.17) is 10.00 Å². The van der Waals surface area contributed by atoms with Crippen molar-refractivity contribution in [2.24, 2.45) is 0 Å². The predicted octanol–water partition coefficient (Wildman–Crippen LogP) is 3.45. The average molecular weight is 365 g/mol. The van der Waals surface area contributed by atoms with E-state index in [0.29, 0.717) is 0 Å². The number of nitriles is 1. The van der Waals surface area contributed by atoms with Crippen LogP contribution in [-0.4, -0.2) is 12.0 Å². The first-order valence-corrected chi connectivity index (χ1v) is 6.75. The van der Waals surface area contributed by atoms with Gasteiger partial charge >= 0.3 is 0 Å². The van der Waals surface area contributed by atoms with Crippen molar-refractivity contribution >= 4 is 21.8 Å². The van der Waals surface area contributed by atoms with Crippen molar-refractivity contribution in [3.8, 4) is 11.9 Å². The quantitative estimate of drug-likeness (QED) is 0.642. The topological polar surface area (TPSA) is 62.1 Å². The fourth-order valence-corrected chi connectivity index (χ4v) is 1.85. The molecule has 114 valence electrons. The van der Waals surface area contributed by atoms with Gasteiger partial charge in [0.15, 0.2) is 12.3 Å². The molecule has 0 unspecified atom stereocenters. The van der Waals surface area contributed by atoms with Gasteiger partial charge in [-0.05, 0) is 28.9 Å². The van der Waals surface area contributed by atoms with Crippen LogP contribution in [0.1, 0.15) is 25.8 Å². The van der Waals surface area contributed by atoms with Crippen molar-refractivity contribution in [1.82, 2.24) is 5.32 Å². The minimum absolute atomic E-state index is 0.132. The van der Waals surface area contributed by atoms with Crippen molar-refractivity contribution in [3.63, 3.8) is 0 Å². The molecule has 0 bridgehead atoms. The van der Waals surface area contributed by atoms with E-state index >= 15 is 0 Å². The summed E-state index contributed by atoms with van der Waals surface area (Å²) in [7, 11) is 0. The van der Waals surface area contributed by atoms with Crippen molar-refractivity contribution < 1.29 is 22.7 Å². The lowest BCUT2D eigenvalue weighted by molar-refractivity contribution is -0.126. The highest BCUT2D eigenvalue weighted by molar-refractivity contribution is 9.10. The smallest absolute Gasteiger partial charge is 0.276 e. The number of carbonyl (C=O) groups excluding carboxylic acids is 1. The van der Waals surface area contributed by atoms with Crippen LogP contribution in [0, 0.1) is 17.3 Å². The summed E-state index contributed by atoms with van der Waals surface area (Å²) >= 11 is 2.84. The molecule has 0 aliphatic heterocycles. The Bertz CT molecular complexity index is 588. The van der Waals surface area contributed by atoms with Crippen LogP contribution in [0.5, 0.6) is 5.75 Å². The zero-order chi connectivity index (χ0) is 16.2. The average Bonchev–Trinajstić information content (AvgIpc) is 2.42. The van der Waals surface area contributed by atoms with E-state index in [1.807, 2.05) is 5.32 Å². The summed E-state index contributed by atoms with van der Waals surface area (Å²) in [6.45, 7) is 2.54. The highest BCUT2D eigenvalue weighted by Gasteiger charge is 2.34. The molecule has 0 aromatic heterocycles. The molecule has 0 fully saturated rings. The summed E-state index contributed by atoms with van der Waals surface area (Å²) in [6.07, 6.45) is -0.338. The Morgan fingerprint density at radius 3 is 2.71 bits per heavy atom. The van der Waals surface area contributed by atoms with E-state index < -0.39 is 41.5 Å². The summed E-state index contributed by atoms with van der Waals surface area (Å²) < 4.78 is 46.2. The highest BCUT2D eigenvalue weighted by atomic mass is 79.9. The number of nitrogens with one attached hydrogen (secondary N) is 1. The van der Waals surface area contributed by atoms with E-state index in [9.17, 15) is 18.0 Å². The molecule has 0 heterocycles. The molecule has 0 aliphatic carbocycles. The van der Waals surface area contributed by atoms with Gasteiger partial charge in [0.1, 0.15) is 11.6 Å². The maximum absolute atomic E-state index is 13.9. The number of rotatable bonds is 5. The van der Waals surface area contributed by atoms with Gasteiger partial charge in [0.25, 0.3) is 11.8 Å². The molecule has 0 saturated carbocycles. The number of halogens is 4. The minimum Gasteiger partial charge on any atom is -0.480 e. The molecule has 21 heavy (non-hydrogen) atoms. The molecular weight excluding hydrogens is 353 g/mol. The van der Waals surface area contributed by atoms with Crippen molar-refractivity contribution in [2.75, 3.05) is 0 Å². The maximum atomic E-state index is 13.9. The summed E-state index contributed by atoms with van der Waals surface area (Å²) in [5.74, 6) is -5.29. The molecule has 4 nitrogen and oxygen atoms in total. The lowest BCUT2D eigenvalue weighted by Crippen LogP contribution is -2.34. The van der Waals surface area contributed by atoms with Gasteiger partial charge in [0.2, 0.25) is 0 Å². The predicted molar refractivity (Wildman–Crippen MR) is 72.1 cm³/mol. The van der Waals surface area contributed by atoms with Gasteiger partial charge in [0.05, 0.1) is 10.0 Å². The van der Waals surface area contributed by atoms with Gasteiger partial charge in [-0.2, -0.15) is 5.26 Å². The number of carbonyl (C=O) groups is 1. The van der Waals surface area contributed by atoms with Crippen LogP contribution in [0.25, 0.3) is 0 Å². The maximum Gasteiger partial charge on any atom is 0.276 e. The molecular formula is C13H12BrF3N2O2. The van der Waals surface area contributed by atoms with Crippen LogP contribution in [0.3, 0.4) is 0 Å². The van der Waals surface area contributed by atoms with Gasteiger partial charge in [0, 0.05) is 12.5 Å². The van der Waals surface area contributed by atoms with Gasteiger partial charge < -0.3 is 4.74 Å². The van der Waals surface area contributed by atoms with Crippen LogP contribution < -0.4 is 10.1 Å². The first-order valence-electron chi connectivity index (χ1n) is 5.95. The number of amides is 1. The number of hydrogen-bond donors (Lipinski definition) is 1. The van der Waals surface area contributed by atoms with E-state index in [-0.39, 0.29) is 4.47 Å². The summed E-state index contributed by atoms with van der Waals surface area (Å²) in [5.41, 5.74) is -0.533. The molecule has 1 amide bonds. The highest BCUT2D eigenvalue weighted by Crippen LogP contribution is 2.40. The fourth-order valence-electron chi connectivity index (χ4n) is 1.50. The zero-order valence-corrected chi connectivity index (χ0v) is 12.8. The number of hydrogen-bond acceptors (Lipinski definition) is 3. The van der Waals surface area contributed by atoms with Crippen LogP contribution in [0.15, 0.2) is 16.6 Å². The van der Waals surface area contributed by atoms with E-state index in [0.717, 1.165) is 12.1 Å². The standard InChI is InChI=1S/C13H12BrF3N2O2/c1-3-13(16,17)8-4-9(14)10(15)5-11(8)21-7(2)12(20)19-6-18/h4-5,7H,3H2,1-2H3,(H,19,20)/t7-/m0/s1. The molecule has 0 saturated heterocycles. The monoisotopic (exact) mass is 364 g/mol. The molecule has 0 radical (unpaired) electrons. The number of nitrogens with zero attached hydrogens (tertiary/aromatic N) is 1. The summed E-state index contributed by atoms with van der Waals surface area (Å²) in [6, 6.07) is 1.70. The Balaban J connectivity index is 3.20. The fraction of sp³-hybridized carbons (Fsp3) is 0.385. The second-order valence-corrected chi connectivity index (χ2v) is 5.04. The summed E-state index contributed by atoms with van der Waals surface area (Å²) in [4.78, 5) is 11.4. The number of alkyl halides is 2. The Kier molecular flexibility index (Phi) is 5.61. The molecule has 0 spiro atoms. The molecule has 1 rings (SSSR count). The number of benzene rings is 1. The van der Waals surface area contributed by atoms with Crippen LogP contribution in [0.4, 0.5) is 13.2 Å². The molecule has 8 heteroatoms. The Labute approximate surface area is 128 Å². The minimum atomic E-state index is -3.24. The SMILES string of the molecule is CCC(F)(F)c1cc(Br)c(F)cc1O[C@@H](C)C(=O)NC#N. The van der Waals surface area contributed by atoms with E-state index in [2.05, 4.69) is 15.9 Å². The van der Waals surface area contributed by atoms with E-state index in [1.54, 1.807) is 0 Å². The van der Waals surface area contributed by atoms with Crippen LogP contribution >= 0.6 is 15.9 Å². The van der Waals surface area contributed by atoms with Gasteiger partial charge in [-0.1, -0.05) is 6.92 Å². The van der Waals surface area contributed by atoms with Crippen LogP contribution in [0.2, 0.25) is 0 Å². The summed E-state index contributed by atoms with van der Waals surface area (Å²) in [5, 5.41) is 10.1. The van der Waals surface area contributed by atoms with E-state index in [1.165, 1.54) is 20.0 Å². The third kappa shape index (κ3) is 4.11. The Hall–Kier alpha value is -1.75. The third-order valence-electron chi connectivity index (χ3n) is 2.71. The molecule has 0 aliphatic rings. The molecule has 1 N–H and O–H groups in total. The van der Waals surface area contributed by atoms with Crippen LogP contribution in [-0.2, 0) is 10.7 Å². The largest absolute Gasteiger partial charge is 0.480 e. The van der Waals surface area contributed by atoms with Gasteiger partial charge in [-0.25, -0.2) is 13.2 Å². The zero-order valence-electron chi connectivity index (χ0n) is 11.2. The normalized spacial score (nSPS) is 12.4. The molecule has 1 aromatic carbocycles. The Morgan fingerprint density at radius 2 is 2.19 bits per heavy atom. The number of ether oxygens (including phenoxy) is 1. The lowest BCUT2D eigenvalue weighted by atomic mass is 10.0. The first kappa shape index (κ1) is 17.3. The Morgan fingerprint density at radius 1 is 1.57 bits per heavy atom.